The van der Waals surface area contributed by atoms with Gasteiger partial charge in [0.1, 0.15) is 17.3 Å². The molecule has 0 aromatic carbocycles. The van der Waals surface area contributed by atoms with Crippen LogP contribution >= 0.6 is 0 Å². The van der Waals surface area contributed by atoms with E-state index in [1.54, 1.807) is 0 Å². The molecule has 18 heavy (non-hydrogen) atoms. The molecule has 1 N–H and O–H groups in total. The summed E-state index contributed by atoms with van der Waals surface area (Å²) in [5.74, 6) is 2.81. The normalized spacial score (nSPS) is 10.4. The second-order valence-electron chi connectivity index (χ2n) is 4.37. The van der Waals surface area contributed by atoms with Crippen LogP contribution in [0.5, 0.6) is 0 Å². The van der Waals surface area contributed by atoms with Crippen LogP contribution in [0.4, 0.5) is 11.5 Å². The smallest absolute Gasteiger partial charge is 0.126 e. The first-order valence-corrected chi connectivity index (χ1v) is 6.14. The molecule has 0 amide bonds. The first-order chi connectivity index (χ1) is 8.69. The Kier molecular flexibility index (Phi) is 3.87. The number of rotatable bonds is 5. The Hall–Kier alpha value is -1.97. The van der Waals surface area contributed by atoms with Crippen molar-refractivity contribution in [2.45, 2.75) is 19.9 Å². The fraction of sp³-hybridized carbons (Fsp3) is 0.357. The molecule has 0 spiro atoms. The number of hydrogen-bond donors (Lipinski definition) is 1. The summed E-state index contributed by atoms with van der Waals surface area (Å²) in [5, 5.41) is 3.24. The standard InChI is InChI=1S/C14H19N3O/c1-4-12-6-7-13(18-12)10-16-14-8-5-11(9-15-14)17(2)3/h5-9H,4,10H2,1-3H3,(H,15,16). The third-order valence-electron chi connectivity index (χ3n) is 2.77. The fourth-order valence-corrected chi connectivity index (χ4v) is 1.64. The summed E-state index contributed by atoms with van der Waals surface area (Å²) in [6.07, 6.45) is 2.78. The van der Waals surface area contributed by atoms with Crippen LogP contribution in [0.2, 0.25) is 0 Å². The van der Waals surface area contributed by atoms with Gasteiger partial charge in [-0.3, -0.25) is 0 Å². The molecule has 2 rings (SSSR count). The maximum atomic E-state index is 5.62. The van der Waals surface area contributed by atoms with Gasteiger partial charge in [-0.2, -0.15) is 0 Å². The van der Waals surface area contributed by atoms with Crippen LogP contribution in [0.25, 0.3) is 0 Å². The fourth-order valence-electron chi connectivity index (χ4n) is 1.64. The van der Waals surface area contributed by atoms with Gasteiger partial charge in [0.2, 0.25) is 0 Å². The highest BCUT2D eigenvalue weighted by atomic mass is 16.3. The number of pyridine rings is 1. The molecule has 2 aromatic heterocycles. The van der Waals surface area contributed by atoms with E-state index in [1.807, 2.05) is 49.5 Å². The van der Waals surface area contributed by atoms with Crippen molar-refractivity contribution in [3.8, 4) is 0 Å². The van der Waals surface area contributed by atoms with Gasteiger partial charge in [-0.05, 0) is 24.3 Å². The van der Waals surface area contributed by atoms with Gasteiger partial charge in [0.25, 0.3) is 0 Å². The van der Waals surface area contributed by atoms with Crippen molar-refractivity contribution in [2.24, 2.45) is 0 Å². The molecule has 0 saturated heterocycles. The molecule has 0 atom stereocenters. The van der Waals surface area contributed by atoms with Crippen molar-refractivity contribution in [3.63, 3.8) is 0 Å². The summed E-state index contributed by atoms with van der Waals surface area (Å²) in [4.78, 5) is 6.37. The maximum Gasteiger partial charge on any atom is 0.126 e. The van der Waals surface area contributed by atoms with E-state index in [0.717, 1.165) is 29.4 Å². The zero-order chi connectivity index (χ0) is 13.0. The molecule has 0 unspecified atom stereocenters. The van der Waals surface area contributed by atoms with Crippen molar-refractivity contribution in [1.82, 2.24) is 4.98 Å². The number of furan rings is 1. The monoisotopic (exact) mass is 245 g/mol. The first-order valence-electron chi connectivity index (χ1n) is 6.14. The van der Waals surface area contributed by atoms with Gasteiger partial charge in [0, 0.05) is 20.5 Å². The molecule has 0 aliphatic rings. The number of aryl methyl sites for hydroxylation is 1. The van der Waals surface area contributed by atoms with E-state index in [4.69, 9.17) is 4.42 Å². The molecule has 0 aliphatic heterocycles. The number of hydrogen-bond acceptors (Lipinski definition) is 4. The largest absolute Gasteiger partial charge is 0.464 e. The van der Waals surface area contributed by atoms with Crippen LogP contribution in [0.15, 0.2) is 34.9 Å². The Bertz CT molecular complexity index is 488. The quantitative estimate of drug-likeness (QED) is 0.879. The number of nitrogens with one attached hydrogen (secondary N) is 1. The zero-order valence-corrected chi connectivity index (χ0v) is 11.1. The van der Waals surface area contributed by atoms with Crippen LogP contribution in [-0.4, -0.2) is 19.1 Å². The minimum atomic E-state index is 0.661. The van der Waals surface area contributed by atoms with Crippen LogP contribution in [0.3, 0.4) is 0 Å². The summed E-state index contributed by atoms with van der Waals surface area (Å²) in [6, 6.07) is 8.02. The van der Waals surface area contributed by atoms with Gasteiger partial charge in [-0.15, -0.1) is 0 Å². The van der Waals surface area contributed by atoms with Gasteiger partial charge in [-0.25, -0.2) is 4.98 Å². The predicted octanol–water partition coefficient (Wildman–Crippen LogP) is 2.92. The second-order valence-corrected chi connectivity index (χ2v) is 4.37. The Morgan fingerprint density at radius 3 is 2.50 bits per heavy atom. The Balaban J connectivity index is 1.93. The third-order valence-corrected chi connectivity index (χ3v) is 2.77. The summed E-state index contributed by atoms with van der Waals surface area (Å²) < 4.78 is 5.62. The second kappa shape index (κ2) is 5.58. The van der Waals surface area contributed by atoms with Crippen molar-refractivity contribution in [1.29, 1.82) is 0 Å². The molecular weight excluding hydrogens is 226 g/mol. The summed E-state index contributed by atoms with van der Waals surface area (Å²) >= 11 is 0. The Morgan fingerprint density at radius 2 is 1.94 bits per heavy atom. The lowest BCUT2D eigenvalue weighted by atomic mass is 10.3. The zero-order valence-electron chi connectivity index (χ0n) is 11.1. The minimum absolute atomic E-state index is 0.661. The lowest BCUT2D eigenvalue weighted by molar-refractivity contribution is 0.476. The first kappa shape index (κ1) is 12.5. The third kappa shape index (κ3) is 3.03. The lowest BCUT2D eigenvalue weighted by Gasteiger charge is -2.12. The SMILES string of the molecule is CCc1ccc(CNc2ccc(N(C)C)cn2)o1. The molecule has 0 radical (unpaired) electrons. The van der Waals surface area contributed by atoms with E-state index in [-0.39, 0.29) is 0 Å². The topological polar surface area (TPSA) is 41.3 Å². The van der Waals surface area contributed by atoms with Gasteiger partial charge in [0.05, 0.1) is 18.4 Å². The molecule has 4 nitrogen and oxygen atoms in total. The minimum Gasteiger partial charge on any atom is -0.464 e. The Morgan fingerprint density at radius 1 is 1.17 bits per heavy atom. The molecule has 0 saturated carbocycles. The Labute approximate surface area is 108 Å². The van der Waals surface area contributed by atoms with Crippen molar-refractivity contribution in [3.05, 3.63) is 42.0 Å². The number of anilines is 2. The highest BCUT2D eigenvalue weighted by Crippen LogP contribution is 2.14. The van der Waals surface area contributed by atoms with Gasteiger partial charge in [0.15, 0.2) is 0 Å². The maximum absolute atomic E-state index is 5.62. The summed E-state index contributed by atoms with van der Waals surface area (Å²) in [5.41, 5.74) is 1.09. The van der Waals surface area contributed by atoms with E-state index in [1.165, 1.54) is 0 Å². The van der Waals surface area contributed by atoms with Crippen LogP contribution in [0.1, 0.15) is 18.4 Å². The van der Waals surface area contributed by atoms with E-state index in [2.05, 4.69) is 17.2 Å². The summed E-state index contributed by atoms with van der Waals surface area (Å²) in [7, 11) is 4.00. The lowest BCUT2D eigenvalue weighted by Crippen LogP contribution is -2.09. The van der Waals surface area contributed by atoms with Crippen molar-refractivity contribution in [2.75, 3.05) is 24.3 Å². The van der Waals surface area contributed by atoms with Gasteiger partial charge in [-0.1, -0.05) is 6.92 Å². The molecule has 4 heteroatoms. The highest BCUT2D eigenvalue weighted by molar-refractivity contribution is 5.48. The van der Waals surface area contributed by atoms with Crippen LogP contribution in [0, 0.1) is 0 Å². The molecule has 0 fully saturated rings. The summed E-state index contributed by atoms with van der Waals surface area (Å²) in [6.45, 7) is 2.74. The predicted molar refractivity (Wildman–Crippen MR) is 74.0 cm³/mol. The molecule has 2 aromatic rings. The van der Waals surface area contributed by atoms with Gasteiger partial charge >= 0.3 is 0 Å². The van der Waals surface area contributed by atoms with E-state index in [0.29, 0.717) is 6.54 Å². The van der Waals surface area contributed by atoms with E-state index < -0.39 is 0 Å². The highest BCUT2D eigenvalue weighted by Gasteiger charge is 2.01. The average Bonchev–Trinajstić information content (AvgIpc) is 2.85. The van der Waals surface area contributed by atoms with Gasteiger partial charge < -0.3 is 14.6 Å². The van der Waals surface area contributed by atoms with Crippen molar-refractivity contribution >= 4 is 11.5 Å². The molecule has 2 heterocycles. The molecule has 0 aliphatic carbocycles. The van der Waals surface area contributed by atoms with Crippen molar-refractivity contribution < 1.29 is 4.42 Å². The number of nitrogens with zero attached hydrogens (tertiary/aromatic N) is 2. The molecular formula is C14H19N3O. The van der Waals surface area contributed by atoms with Crippen LogP contribution < -0.4 is 10.2 Å². The molecule has 0 bridgehead atoms. The van der Waals surface area contributed by atoms with E-state index in [9.17, 15) is 0 Å². The van der Waals surface area contributed by atoms with E-state index >= 15 is 0 Å². The molecule has 96 valence electrons. The average molecular weight is 245 g/mol. The van der Waals surface area contributed by atoms with Crippen LogP contribution in [-0.2, 0) is 13.0 Å². The number of aromatic nitrogens is 1.